The van der Waals surface area contributed by atoms with Crippen molar-refractivity contribution in [3.8, 4) is 5.69 Å². The average molecular weight is 535 g/mol. The second-order valence-corrected chi connectivity index (χ2v) is 9.38. The third-order valence-corrected chi connectivity index (χ3v) is 6.43. The van der Waals surface area contributed by atoms with Crippen molar-refractivity contribution in [3.05, 3.63) is 72.7 Å². The molecule has 1 aliphatic rings. The Bertz CT molecular complexity index is 1620. The Morgan fingerprint density at radius 1 is 0.846 bits per heavy atom. The molecule has 0 radical (unpaired) electrons. The van der Waals surface area contributed by atoms with E-state index in [1.807, 2.05) is 28.9 Å². The van der Waals surface area contributed by atoms with Crippen molar-refractivity contribution in [2.75, 3.05) is 28.6 Å². The third kappa shape index (κ3) is 5.47. The summed E-state index contributed by atoms with van der Waals surface area (Å²) in [4.78, 5) is 24.2. The van der Waals surface area contributed by atoms with Gasteiger partial charge in [-0.1, -0.05) is 0 Å². The number of aromatic nitrogens is 7. The van der Waals surface area contributed by atoms with E-state index in [4.69, 9.17) is 0 Å². The summed E-state index contributed by atoms with van der Waals surface area (Å²) >= 11 is 0. The molecule has 200 valence electrons. The van der Waals surface area contributed by atoms with E-state index in [9.17, 15) is 13.2 Å². The third-order valence-electron chi connectivity index (χ3n) is 6.43. The van der Waals surface area contributed by atoms with Crippen molar-refractivity contribution in [1.29, 1.82) is 0 Å². The number of nitrogens with one attached hydrogen (secondary N) is 2. The SMILES string of the molecule is Cc1cn(-c2cc(Nc3nc(Nc4ccn5ccnc5c4)nc(N4CCCCC4)n3)cc(C(F)(F)F)c2)cn1. The zero-order chi connectivity index (χ0) is 27.0. The van der Waals surface area contributed by atoms with Crippen LogP contribution in [0.25, 0.3) is 11.3 Å². The predicted octanol–water partition coefficient (Wildman–Crippen LogP) is 5.51. The Balaban J connectivity index is 1.37. The zero-order valence-electron chi connectivity index (χ0n) is 21.0. The molecule has 1 fully saturated rings. The second-order valence-electron chi connectivity index (χ2n) is 9.38. The Morgan fingerprint density at radius 2 is 1.62 bits per heavy atom. The highest BCUT2D eigenvalue weighted by Gasteiger charge is 2.31. The van der Waals surface area contributed by atoms with Crippen LogP contribution >= 0.6 is 0 Å². The van der Waals surface area contributed by atoms with Gasteiger partial charge in [0.2, 0.25) is 17.8 Å². The number of alkyl halides is 3. The summed E-state index contributed by atoms with van der Waals surface area (Å²) in [6, 6.07) is 7.43. The molecule has 0 spiro atoms. The van der Waals surface area contributed by atoms with Crippen LogP contribution in [0.1, 0.15) is 30.5 Å². The van der Waals surface area contributed by atoms with Crippen LogP contribution in [0.3, 0.4) is 0 Å². The Kier molecular flexibility index (Phi) is 6.25. The predicted molar refractivity (Wildman–Crippen MR) is 141 cm³/mol. The van der Waals surface area contributed by atoms with E-state index in [0.29, 0.717) is 23.0 Å². The molecule has 13 heteroatoms. The van der Waals surface area contributed by atoms with E-state index in [-0.39, 0.29) is 17.6 Å². The fraction of sp³-hybridized carbons (Fsp3) is 0.269. The summed E-state index contributed by atoms with van der Waals surface area (Å²) in [5.74, 6) is 0.845. The number of hydrogen-bond acceptors (Lipinski definition) is 8. The van der Waals surface area contributed by atoms with Crippen LogP contribution in [-0.4, -0.2) is 47.0 Å². The van der Waals surface area contributed by atoms with E-state index < -0.39 is 11.7 Å². The highest BCUT2D eigenvalue weighted by atomic mass is 19.4. The second kappa shape index (κ2) is 9.89. The maximum atomic E-state index is 13.8. The topological polar surface area (TPSA) is 101 Å². The summed E-state index contributed by atoms with van der Waals surface area (Å²) in [6.07, 6.45) is 7.14. The highest BCUT2D eigenvalue weighted by molar-refractivity contribution is 5.64. The van der Waals surface area contributed by atoms with Crippen LogP contribution in [0.2, 0.25) is 0 Å². The molecule has 4 aromatic heterocycles. The fourth-order valence-corrected chi connectivity index (χ4v) is 4.52. The van der Waals surface area contributed by atoms with Gasteiger partial charge in [0.1, 0.15) is 5.65 Å². The molecule has 0 atom stereocenters. The zero-order valence-corrected chi connectivity index (χ0v) is 21.0. The van der Waals surface area contributed by atoms with Crippen molar-refractivity contribution in [2.24, 2.45) is 0 Å². The number of hydrogen-bond donors (Lipinski definition) is 2. The van der Waals surface area contributed by atoms with Crippen LogP contribution in [0.5, 0.6) is 0 Å². The van der Waals surface area contributed by atoms with E-state index >= 15 is 0 Å². The Morgan fingerprint density at radius 3 is 2.33 bits per heavy atom. The van der Waals surface area contributed by atoms with Crippen molar-refractivity contribution in [2.45, 2.75) is 32.4 Å². The van der Waals surface area contributed by atoms with Gasteiger partial charge < -0.3 is 24.5 Å². The van der Waals surface area contributed by atoms with Gasteiger partial charge in [-0.25, -0.2) is 9.97 Å². The van der Waals surface area contributed by atoms with Gasteiger partial charge in [-0.05, 0) is 50.5 Å². The minimum absolute atomic E-state index is 0.127. The molecule has 6 rings (SSSR count). The maximum Gasteiger partial charge on any atom is 0.416 e. The van der Waals surface area contributed by atoms with Crippen molar-refractivity contribution in [1.82, 2.24) is 33.9 Å². The molecule has 0 bridgehead atoms. The standard InChI is InChI=1S/C26H25F3N10/c1-17-15-39(16-31-17)21-12-18(26(27,28)29)11-20(13-21)33-24-34-23(35-25(36-24)38-7-3-2-4-8-38)32-19-5-9-37-10-6-30-22(37)14-19/h5-6,9-16H,2-4,7-8H2,1H3,(H2,32,33,34,35,36). The molecule has 0 aliphatic carbocycles. The number of rotatable bonds is 6. The fourth-order valence-electron chi connectivity index (χ4n) is 4.52. The van der Waals surface area contributed by atoms with E-state index in [1.165, 1.54) is 6.33 Å². The number of pyridine rings is 1. The number of anilines is 5. The molecule has 5 heterocycles. The van der Waals surface area contributed by atoms with Gasteiger partial charge >= 0.3 is 6.18 Å². The number of aryl methyl sites for hydroxylation is 1. The number of benzene rings is 1. The lowest BCUT2D eigenvalue weighted by Gasteiger charge is -2.27. The van der Waals surface area contributed by atoms with Crippen LogP contribution in [-0.2, 0) is 6.18 Å². The quantitative estimate of drug-likeness (QED) is 0.294. The largest absolute Gasteiger partial charge is 0.416 e. The first kappa shape index (κ1) is 24.6. The lowest BCUT2D eigenvalue weighted by Crippen LogP contribution is -2.31. The minimum atomic E-state index is -4.54. The number of fused-ring (bicyclic) bond motifs is 1. The minimum Gasteiger partial charge on any atom is -0.341 e. The molecule has 1 aliphatic heterocycles. The first-order valence-electron chi connectivity index (χ1n) is 12.5. The van der Waals surface area contributed by atoms with Gasteiger partial charge in [-0.15, -0.1) is 0 Å². The van der Waals surface area contributed by atoms with Crippen LogP contribution in [0.15, 0.2) is 61.4 Å². The molecule has 0 unspecified atom stereocenters. The van der Waals surface area contributed by atoms with E-state index in [2.05, 4.69) is 40.5 Å². The molecule has 0 saturated carbocycles. The smallest absolute Gasteiger partial charge is 0.341 e. The van der Waals surface area contributed by atoms with Gasteiger partial charge in [0, 0.05) is 61.0 Å². The van der Waals surface area contributed by atoms with Crippen molar-refractivity contribution >= 4 is 34.9 Å². The van der Waals surface area contributed by atoms with Gasteiger partial charge in [0.15, 0.2) is 0 Å². The van der Waals surface area contributed by atoms with Crippen LogP contribution < -0.4 is 15.5 Å². The molecule has 5 aromatic rings. The summed E-state index contributed by atoms with van der Waals surface area (Å²) < 4.78 is 44.8. The molecule has 2 N–H and O–H groups in total. The molecule has 39 heavy (non-hydrogen) atoms. The summed E-state index contributed by atoms with van der Waals surface area (Å²) in [6.45, 7) is 3.35. The highest BCUT2D eigenvalue weighted by Crippen LogP contribution is 2.34. The number of imidazole rings is 2. The van der Waals surface area contributed by atoms with Gasteiger partial charge in [0.25, 0.3) is 0 Å². The van der Waals surface area contributed by atoms with Crippen molar-refractivity contribution < 1.29 is 13.2 Å². The van der Waals surface area contributed by atoms with Crippen LogP contribution in [0.4, 0.5) is 42.4 Å². The average Bonchev–Trinajstić information content (AvgIpc) is 3.57. The lowest BCUT2D eigenvalue weighted by atomic mass is 10.1. The van der Waals surface area contributed by atoms with Gasteiger partial charge in [0.05, 0.1) is 17.6 Å². The number of halogens is 3. The van der Waals surface area contributed by atoms with Gasteiger partial charge in [-0.3, -0.25) is 0 Å². The lowest BCUT2D eigenvalue weighted by molar-refractivity contribution is -0.137. The number of nitrogens with zero attached hydrogens (tertiary/aromatic N) is 8. The summed E-state index contributed by atoms with van der Waals surface area (Å²) in [5.41, 5.74) is 1.85. The molecular weight excluding hydrogens is 509 g/mol. The molecular formula is C26H25F3N10. The van der Waals surface area contributed by atoms with E-state index in [0.717, 1.165) is 50.1 Å². The first-order valence-corrected chi connectivity index (χ1v) is 12.5. The normalized spacial score (nSPS) is 14.1. The van der Waals surface area contributed by atoms with Crippen LogP contribution in [0, 0.1) is 6.92 Å². The molecule has 1 aromatic carbocycles. The molecule has 0 amide bonds. The summed E-state index contributed by atoms with van der Waals surface area (Å²) in [7, 11) is 0. The first-order chi connectivity index (χ1) is 18.8. The summed E-state index contributed by atoms with van der Waals surface area (Å²) in [5, 5.41) is 6.18. The van der Waals surface area contributed by atoms with Crippen molar-refractivity contribution in [3.63, 3.8) is 0 Å². The van der Waals surface area contributed by atoms with Gasteiger partial charge in [-0.2, -0.15) is 28.1 Å². The molecule has 10 nitrogen and oxygen atoms in total. The maximum absolute atomic E-state index is 13.8. The number of piperidine rings is 1. The molecule has 1 saturated heterocycles. The Hall–Kier alpha value is -4.68. The Labute approximate surface area is 221 Å². The van der Waals surface area contributed by atoms with E-state index in [1.54, 1.807) is 30.0 Å². The monoisotopic (exact) mass is 534 g/mol.